The van der Waals surface area contributed by atoms with E-state index in [9.17, 15) is 4.79 Å². The Kier molecular flexibility index (Phi) is 6.27. The summed E-state index contributed by atoms with van der Waals surface area (Å²) in [4.78, 5) is 20.0. The Morgan fingerprint density at radius 3 is 2.86 bits per heavy atom. The molecule has 1 saturated carbocycles. The number of allylic oxidation sites excluding steroid dienone is 2. The van der Waals surface area contributed by atoms with Crippen LogP contribution in [0.3, 0.4) is 0 Å². The lowest BCUT2D eigenvalue weighted by Crippen LogP contribution is -2.22. The van der Waals surface area contributed by atoms with E-state index < -0.39 is 5.97 Å². The van der Waals surface area contributed by atoms with Crippen LogP contribution in [0.5, 0.6) is 0 Å². The largest absolute Gasteiger partial charge is 0.481 e. The molecule has 0 bridgehead atoms. The summed E-state index contributed by atoms with van der Waals surface area (Å²) >= 11 is 0. The highest BCUT2D eigenvalue weighted by molar-refractivity contribution is 5.66. The molecule has 0 amide bonds. The Balaban J connectivity index is 1.87. The van der Waals surface area contributed by atoms with Crippen molar-refractivity contribution < 1.29 is 14.7 Å². The van der Waals surface area contributed by atoms with E-state index in [1.54, 1.807) is 12.5 Å². The number of carboxylic acid groups (broad SMARTS) is 1. The Labute approximate surface area is 124 Å². The van der Waals surface area contributed by atoms with Crippen molar-refractivity contribution in [2.45, 2.75) is 51.5 Å². The highest BCUT2D eigenvalue weighted by Crippen LogP contribution is 2.25. The smallest absolute Gasteiger partial charge is 0.303 e. The zero-order chi connectivity index (χ0) is 14.9. The summed E-state index contributed by atoms with van der Waals surface area (Å²) in [5.41, 5.74) is 5.54. The third-order valence-electron chi connectivity index (χ3n) is 3.62. The van der Waals surface area contributed by atoms with Crippen molar-refractivity contribution in [1.29, 1.82) is 0 Å². The van der Waals surface area contributed by atoms with Crippen LogP contribution in [0, 0.1) is 0 Å². The van der Waals surface area contributed by atoms with E-state index in [1.807, 2.05) is 10.8 Å². The van der Waals surface area contributed by atoms with Gasteiger partial charge in [-0.15, -0.1) is 0 Å². The predicted molar refractivity (Wildman–Crippen MR) is 78.3 cm³/mol. The van der Waals surface area contributed by atoms with Gasteiger partial charge >= 0.3 is 5.97 Å². The second kappa shape index (κ2) is 8.46. The Morgan fingerprint density at radius 1 is 1.38 bits per heavy atom. The Morgan fingerprint density at radius 2 is 2.19 bits per heavy atom. The number of nitrogens with one attached hydrogen (secondary N) is 1. The standard InChI is InChI=1S/C15H23N3O3/c19-15(20)7-4-10-21-17-14(11-18-9-8-16-12-18)13-5-2-1-3-6-13/h8-9,12,17H,1-7,10-11H2,(H,19,20). The van der Waals surface area contributed by atoms with Gasteiger partial charge in [-0.05, 0) is 37.7 Å². The lowest BCUT2D eigenvalue weighted by Gasteiger charge is -2.20. The van der Waals surface area contributed by atoms with Crippen molar-refractivity contribution in [2.24, 2.45) is 0 Å². The summed E-state index contributed by atoms with van der Waals surface area (Å²) in [6.45, 7) is 1.11. The Bertz CT molecular complexity index is 461. The maximum Gasteiger partial charge on any atom is 0.303 e. The second-order valence-electron chi connectivity index (χ2n) is 5.33. The average Bonchev–Trinajstić information content (AvgIpc) is 2.99. The molecular weight excluding hydrogens is 270 g/mol. The first-order valence-electron chi connectivity index (χ1n) is 7.52. The number of hydrogen-bond acceptors (Lipinski definition) is 4. The number of imidazole rings is 1. The molecule has 0 saturated heterocycles. The molecule has 0 spiro atoms. The van der Waals surface area contributed by atoms with Crippen molar-refractivity contribution in [3.8, 4) is 0 Å². The van der Waals surface area contributed by atoms with Gasteiger partial charge in [0.25, 0.3) is 0 Å². The molecule has 1 heterocycles. The maximum atomic E-state index is 10.5. The SMILES string of the molecule is O=C(O)CCCONC(Cn1ccnc1)=C1CCCCC1. The number of hydroxylamine groups is 1. The highest BCUT2D eigenvalue weighted by atomic mass is 16.6. The molecule has 6 nitrogen and oxygen atoms in total. The van der Waals surface area contributed by atoms with Crippen LogP contribution in [0.1, 0.15) is 44.9 Å². The van der Waals surface area contributed by atoms with E-state index in [2.05, 4.69) is 10.5 Å². The van der Waals surface area contributed by atoms with Gasteiger partial charge in [0.1, 0.15) is 0 Å². The van der Waals surface area contributed by atoms with Gasteiger partial charge in [0.15, 0.2) is 0 Å². The van der Waals surface area contributed by atoms with Gasteiger partial charge in [-0.1, -0.05) is 6.42 Å². The fourth-order valence-corrected chi connectivity index (χ4v) is 2.49. The third kappa shape index (κ3) is 5.59. The molecule has 1 aliphatic rings. The lowest BCUT2D eigenvalue weighted by molar-refractivity contribution is -0.137. The van der Waals surface area contributed by atoms with Gasteiger partial charge < -0.3 is 9.67 Å². The summed E-state index contributed by atoms with van der Waals surface area (Å²) in [5.74, 6) is -0.789. The first-order valence-corrected chi connectivity index (χ1v) is 7.52. The van der Waals surface area contributed by atoms with Crippen molar-refractivity contribution in [1.82, 2.24) is 15.0 Å². The fraction of sp³-hybridized carbons (Fsp3) is 0.600. The number of rotatable bonds is 8. The van der Waals surface area contributed by atoms with Crippen LogP contribution in [0.4, 0.5) is 0 Å². The predicted octanol–water partition coefficient (Wildman–Crippen LogP) is 2.49. The zero-order valence-corrected chi connectivity index (χ0v) is 12.3. The minimum atomic E-state index is -0.789. The lowest BCUT2D eigenvalue weighted by atomic mass is 9.93. The summed E-state index contributed by atoms with van der Waals surface area (Å²) in [6.07, 6.45) is 12.1. The fourth-order valence-electron chi connectivity index (χ4n) is 2.49. The molecule has 0 atom stereocenters. The van der Waals surface area contributed by atoms with Gasteiger partial charge in [0, 0.05) is 18.8 Å². The quantitative estimate of drug-likeness (QED) is 0.569. The molecular formula is C15H23N3O3. The van der Waals surface area contributed by atoms with Crippen molar-refractivity contribution in [3.63, 3.8) is 0 Å². The van der Waals surface area contributed by atoms with Crippen LogP contribution in [-0.4, -0.2) is 27.2 Å². The number of hydrogen-bond donors (Lipinski definition) is 2. The van der Waals surface area contributed by atoms with E-state index in [1.165, 1.54) is 24.8 Å². The topological polar surface area (TPSA) is 76.4 Å². The molecule has 1 aromatic heterocycles. The molecule has 1 fully saturated rings. The minimum absolute atomic E-state index is 0.134. The zero-order valence-electron chi connectivity index (χ0n) is 12.3. The normalized spacial score (nSPS) is 15.0. The number of carbonyl (C=O) groups is 1. The van der Waals surface area contributed by atoms with Crippen LogP contribution in [0.25, 0.3) is 0 Å². The molecule has 2 rings (SSSR count). The van der Waals surface area contributed by atoms with Gasteiger partial charge in [-0.25, -0.2) is 4.98 Å². The molecule has 0 aliphatic heterocycles. The van der Waals surface area contributed by atoms with E-state index in [4.69, 9.17) is 9.94 Å². The van der Waals surface area contributed by atoms with E-state index in [-0.39, 0.29) is 6.42 Å². The average molecular weight is 293 g/mol. The number of carboxylic acids is 1. The number of aliphatic carboxylic acids is 1. The van der Waals surface area contributed by atoms with Crippen molar-refractivity contribution in [2.75, 3.05) is 6.61 Å². The molecule has 2 N–H and O–H groups in total. The van der Waals surface area contributed by atoms with Gasteiger partial charge in [-0.2, -0.15) is 0 Å². The molecule has 1 aliphatic carbocycles. The van der Waals surface area contributed by atoms with Gasteiger partial charge in [0.2, 0.25) is 0 Å². The van der Waals surface area contributed by atoms with Crippen molar-refractivity contribution >= 4 is 5.97 Å². The van der Waals surface area contributed by atoms with Crippen LogP contribution >= 0.6 is 0 Å². The van der Waals surface area contributed by atoms with Gasteiger partial charge in [-0.3, -0.25) is 15.1 Å². The van der Waals surface area contributed by atoms with Crippen LogP contribution in [-0.2, 0) is 16.2 Å². The molecule has 1 aromatic rings. The molecule has 0 unspecified atom stereocenters. The molecule has 0 aromatic carbocycles. The maximum absolute atomic E-state index is 10.5. The molecule has 116 valence electrons. The molecule has 0 radical (unpaired) electrons. The third-order valence-corrected chi connectivity index (χ3v) is 3.62. The van der Waals surface area contributed by atoms with Crippen LogP contribution in [0.2, 0.25) is 0 Å². The molecule has 21 heavy (non-hydrogen) atoms. The van der Waals surface area contributed by atoms with E-state index in [0.29, 0.717) is 19.6 Å². The van der Waals surface area contributed by atoms with Crippen molar-refractivity contribution in [3.05, 3.63) is 30.0 Å². The highest BCUT2D eigenvalue weighted by Gasteiger charge is 2.12. The minimum Gasteiger partial charge on any atom is -0.481 e. The first-order chi connectivity index (χ1) is 10.3. The van der Waals surface area contributed by atoms with Crippen LogP contribution in [0.15, 0.2) is 30.0 Å². The van der Waals surface area contributed by atoms with Gasteiger partial charge in [0.05, 0.1) is 25.2 Å². The van der Waals surface area contributed by atoms with E-state index in [0.717, 1.165) is 18.5 Å². The van der Waals surface area contributed by atoms with Crippen LogP contribution < -0.4 is 5.48 Å². The summed E-state index contributed by atoms with van der Waals surface area (Å²) in [5, 5.41) is 8.60. The Hall–Kier alpha value is -1.82. The number of nitrogens with zero attached hydrogens (tertiary/aromatic N) is 2. The van der Waals surface area contributed by atoms with E-state index >= 15 is 0 Å². The monoisotopic (exact) mass is 293 g/mol. The molecule has 6 heteroatoms. The summed E-state index contributed by atoms with van der Waals surface area (Å²) in [6, 6.07) is 0. The first kappa shape index (κ1) is 15.6. The second-order valence-corrected chi connectivity index (χ2v) is 5.33. The summed E-state index contributed by atoms with van der Waals surface area (Å²) < 4.78 is 2.00. The summed E-state index contributed by atoms with van der Waals surface area (Å²) in [7, 11) is 0. The number of aromatic nitrogens is 2.